The highest BCUT2D eigenvalue weighted by molar-refractivity contribution is 5.85. The van der Waals surface area contributed by atoms with Crippen LogP contribution >= 0.6 is 24.8 Å². The summed E-state index contributed by atoms with van der Waals surface area (Å²) in [6, 6.07) is 5.85. The number of aromatic hydroxyl groups is 1. The molecule has 4 rings (SSSR count). The molecule has 1 saturated heterocycles. The molecule has 1 aliphatic rings. The third kappa shape index (κ3) is 4.52. The molecule has 1 aliphatic heterocycles. The summed E-state index contributed by atoms with van der Waals surface area (Å²) in [5, 5.41) is 29.0. The van der Waals surface area contributed by atoms with Gasteiger partial charge in [0.05, 0.1) is 12.4 Å². The Balaban J connectivity index is 0.00000140. The van der Waals surface area contributed by atoms with E-state index in [2.05, 4.69) is 35.6 Å². The predicted octanol–water partition coefficient (Wildman–Crippen LogP) is 2.67. The number of H-pyrrole nitrogens is 1. The molecule has 0 unspecified atom stereocenters. The van der Waals surface area contributed by atoms with Crippen LogP contribution in [0.25, 0.3) is 22.4 Å². The van der Waals surface area contributed by atoms with Gasteiger partial charge in [-0.3, -0.25) is 5.10 Å². The van der Waals surface area contributed by atoms with Crippen molar-refractivity contribution in [2.45, 2.75) is 18.9 Å². The molecule has 8 nitrogen and oxygen atoms in total. The van der Waals surface area contributed by atoms with Crippen molar-refractivity contribution in [1.29, 1.82) is 0 Å². The Labute approximate surface area is 175 Å². The van der Waals surface area contributed by atoms with Gasteiger partial charge in [0.25, 0.3) is 0 Å². The van der Waals surface area contributed by atoms with Crippen molar-refractivity contribution in [2.24, 2.45) is 0 Å². The monoisotopic (exact) mass is 423 g/mol. The molecule has 28 heavy (non-hydrogen) atoms. The number of anilines is 1. The van der Waals surface area contributed by atoms with E-state index >= 15 is 0 Å². The highest BCUT2D eigenvalue weighted by Crippen LogP contribution is 2.32. The third-order valence-corrected chi connectivity index (χ3v) is 4.83. The van der Waals surface area contributed by atoms with Gasteiger partial charge in [-0.2, -0.15) is 5.10 Å². The fourth-order valence-electron chi connectivity index (χ4n) is 3.25. The number of aromatic amines is 1. The van der Waals surface area contributed by atoms with E-state index in [0.717, 1.165) is 37.1 Å². The fraction of sp³-hybridized carbons (Fsp3) is 0.333. The lowest BCUT2D eigenvalue weighted by atomic mass is 10.0. The van der Waals surface area contributed by atoms with Crippen LogP contribution in [-0.2, 0) is 0 Å². The predicted molar refractivity (Wildman–Crippen MR) is 113 cm³/mol. The summed E-state index contributed by atoms with van der Waals surface area (Å²) in [4.78, 5) is 6.53. The number of nitrogens with one attached hydrogen (secondary N) is 2. The average Bonchev–Trinajstić information content (AvgIpc) is 3.23. The molecule has 150 valence electrons. The minimum absolute atomic E-state index is 0. The fourth-order valence-corrected chi connectivity index (χ4v) is 3.25. The van der Waals surface area contributed by atoms with Crippen LogP contribution in [0.5, 0.6) is 5.75 Å². The van der Waals surface area contributed by atoms with Crippen LogP contribution < -0.4 is 10.2 Å². The molecule has 0 saturated carbocycles. The van der Waals surface area contributed by atoms with Crippen molar-refractivity contribution in [1.82, 2.24) is 30.7 Å². The SMILES string of the molecule is CN(c1ncc(-c2ccc(-c3cn[nH]c3)cc2O)nn1)C1CCNCC1.Cl.Cl. The average molecular weight is 424 g/mol. The van der Waals surface area contributed by atoms with Gasteiger partial charge in [-0.15, -0.1) is 35.0 Å². The van der Waals surface area contributed by atoms with Gasteiger partial charge in [-0.25, -0.2) is 4.98 Å². The molecule has 3 aromatic rings. The molecule has 0 radical (unpaired) electrons. The lowest BCUT2D eigenvalue weighted by Gasteiger charge is -2.31. The minimum atomic E-state index is 0. The van der Waals surface area contributed by atoms with Gasteiger partial charge in [0, 0.05) is 30.4 Å². The molecule has 2 aromatic heterocycles. The number of phenolic OH excluding ortho intramolecular Hbond substituents is 1. The maximum absolute atomic E-state index is 10.4. The van der Waals surface area contributed by atoms with Crippen LogP contribution in [0.2, 0.25) is 0 Å². The van der Waals surface area contributed by atoms with Gasteiger partial charge >= 0.3 is 0 Å². The van der Waals surface area contributed by atoms with Gasteiger partial charge in [0.15, 0.2) is 0 Å². The summed E-state index contributed by atoms with van der Waals surface area (Å²) in [5.74, 6) is 0.745. The molecule has 10 heteroatoms. The van der Waals surface area contributed by atoms with Crippen LogP contribution in [0.1, 0.15) is 12.8 Å². The maximum Gasteiger partial charge on any atom is 0.245 e. The van der Waals surface area contributed by atoms with E-state index in [1.165, 1.54) is 0 Å². The van der Waals surface area contributed by atoms with E-state index in [9.17, 15) is 5.11 Å². The van der Waals surface area contributed by atoms with E-state index in [-0.39, 0.29) is 30.6 Å². The second-order valence-electron chi connectivity index (χ2n) is 6.45. The zero-order valence-electron chi connectivity index (χ0n) is 15.4. The Kier molecular flexibility index (Phi) is 7.56. The molecule has 0 bridgehead atoms. The first kappa shape index (κ1) is 21.9. The summed E-state index contributed by atoms with van der Waals surface area (Å²) in [6.45, 7) is 2.02. The van der Waals surface area contributed by atoms with E-state index < -0.39 is 0 Å². The molecule has 0 spiro atoms. The summed E-state index contributed by atoms with van der Waals surface area (Å²) in [6.07, 6.45) is 7.28. The standard InChI is InChI=1S/C18H21N7O.2ClH/c1-25(14-4-6-19-7-5-14)18-20-11-16(23-24-18)15-3-2-12(8-17(15)26)13-9-21-22-10-13;;/h2-3,8-11,14,19,26H,4-7H2,1H3,(H,21,22);2*1H. The molecule has 1 fully saturated rings. The van der Waals surface area contributed by atoms with Crippen LogP contribution in [0.4, 0.5) is 5.95 Å². The van der Waals surface area contributed by atoms with E-state index in [4.69, 9.17) is 0 Å². The van der Waals surface area contributed by atoms with E-state index in [1.54, 1.807) is 24.7 Å². The Morgan fingerprint density at radius 1 is 1.07 bits per heavy atom. The van der Waals surface area contributed by atoms with Gasteiger partial charge in [-0.1, -0.05) is 6.07 Å². The lowest BCUT2D eigenvalue weighted by molar-refractivity contribution is 0.439. The molecule has 3 heterocycles. The van der Waals surface area contributed by atoms with Gasteiger partial charge in [0.1, 0.15) is 11.4 Å². The number of rotatable bonds is 4. The number of benzene rings is 1. The van der Waals surface area contributed by atoms with Crippen molar-refractivity contribution < 1.29 is 5.11 Å². The first-order valence-electron chi connectivity index (χ1n) is 8.68. The summed E-state index contributed by atoms with van der Waals surface area (Å²) in [5.41, 5.74) is 2.94. The normalized spacial score (nSPS) is 14.0. The van der Waals surface area contributed by atoms with Crippen LogP contribution in [0, 0.1) is 0 Å². The number of aromatic nitrogens is 5. The number of halogens is 2. The first-order valence-corrected chi connectivity index (χ1v) is 8.68. The molecule has 0 aliphatic carbocycles. The van der Waals surface area contributed by atoms with Gasteiger partial charge in [0.2, 0.25) is 5.95 Å². The Bertz CT molecular complexity index is 868. The number of hydrogen-bond donors (Lipinski definition) is 3. The van der Waals surface area contributed by atoms with Crippen LogP contribution in [-0.4, -0.2) is 56.7 Å². The second-order valence-corrected chi connectivity index (χ2v) is 6.45. The van der Waals surface area contributed by atoms with Crippen molar-refractivity contribution in [3.8, 4) is 28.1 Å². The second kappa shape index (κ2) is 9.68. The lowest BCUT2D eigenvalue weighted by Crippen LogP contribution is -2.41. The number of phenols is 1. The molecular weight excluding hydrogens is 401 g/mol. The number of piperidine rings is 1. The zero-order valence-corrected chi connectivity index (χ0v) is 17.0. The molecule has 3 N–H and O–H groups in total. The van der Waals surface area contributed by atoms with Gasteiger partial charge < -0.3 is 15.3 Å². The van der Waals surface area contributed by atoms with E-state index in [0.29, 0.717) is 23.2 Å². The van der Waals surface area contributed by atoms with Crippen molar-refractivity contribution in [3.05, 3.63) is 36.8 Å². The number of hydrogen-bond acceptors (Lipinski definition) is 7. The summed E-state index contributed by atoms with van der Waals surface area (Å²) >= 11 is 0. The highest BCUT2D eigenvalue weighted by atomic mass is 35.5. The van der Waals surface area contributed by atoms with E-state index in [1.807, 2.05) is 19.2 Å². The van der Waals surface area contributed by atoms with Crippen molar-refractivity contribution >= 4 is 30.8 Å². The minimum Gasteiger partial charge on any atom is -0.507 e. The van der Waals surface area contributed by atoms with Crippen LogP contribution in [0.3, 0.4) is 0 Å². The van der Waals surface area contributed by atoms with Crippen molar-refractivity contribution in [3.63, 3.8) is 0 Å². The highest BCUT2D eigenvalue weighted by Gasteiger charge is 2.20. The largest absolute Gasteiger partial charge is 0.507 e. The zero-order chi connectivity index (χ0) is 17.9. The Hall–Kier alpha value is -2.42. The Morgan fingerprint density at radius 2 is 1.86 bits per heavy atom. The smallest absolute Gasteiger partial charge is 0.245 e. The van der Waals surface area contributed by atoms with Crippen molar-refractivity contribution in [2.75, 3.05) is 25.0 Å². The topological polar surface area (TPSA) is 103 Å². The maximum atomic E-state index is 10.4. The van der Waals surface area contributed by atoms with Crippen LogP contribution in [0.15, 0.2) is 36.8 Å². The third-order valence-electron chi connectivity index (χ3n) is 4.83. The first-order chi connectivity index (χ1) is 12.7. The molecule has 1 aromatic carbocycles. The molecular formula is C18H23Cl2N7O. The summed E-state index contributed by atoms with van der Waals surface area (Å²) in [7, 11) is 2.00. The molecule has 0 amide bonds. The quantitative estimate of drug-likeness (QED) is 0.592. The van der Waals surface area contributed by atoms with Gasteiger partial charge in [-0.05, 0) is 43.6 Å². The summed E-state index contributed by atoms with van der Waals surface area (Å²) < 4.78 is 0. The molecule has 0 atom stereocenters. The number of nitrogens with zero attached hydrogens (tertiary/aromatic N) is 5. The Morgan fingerprint density at radius 3 is 2.46 bits per heavy atom.